The Morgan fingerprint density at radius 2 is 1.94 bits per heavy atom. The van der Waals surface area contributed by atoms with Crippen LogP contribution in [0.5, 0.6) is 0 Å². The first-order valence-corrected chi connectivity index (χ1v) is 7.13. The van der Waals surface area contributed by atoms with Crippen molar-refractivity contribution in [2.75, 3.05) is 12.4 Å². The molecule has 1 saturated carbocycles. The normalized spacial score (nSPS) is 16.5. The molecule has 1 fully saturated rings. The highest BCUT2D eigenvalue weighted by atomic mass is 35.5. The summed E-state index contributed by atoms with van der Waals surface area (Å²) in [5.41, 5.74) is 0.709. The summed E-state index contributed by atoms with van der Waals surface area (Å²) in [6.07, 6.45) is 9.25. The number of amides is 1. The second-order valence-corrected chi connectivity index (χ2v) is 5.09. The number of aromatic nitrogens is 1. The molecule has 0 saturated heterocycles. The molecule has 0 atom stereocenters. The highest BCUT2D eigenvalue weighted by Crippen LogP contribution is 2.23. The first-order chi connectivity index (χ1) is 8.83. The fraction of sp³-hybridized carbons (Fsp3) is 0.571. The van der Waals surface area contributed by atoms with E-state index in [1.807, 2.05) is 4.90 Å². The van der Waals surface area contributed by atoms with Crippen LogP contribution in [0.15, 0.2) is 24.5 Å². The number of carbonyl (C=O) groups excluding carboxylic acids is 1. The average Bonchev–Trinajstić information content (AvgIpc) is 2.46. The van der Waals surface area contributed by atoms with Gasteiger partial charge in [-0.1, -0.05) is 19.3 Å². The number of nitrogens with zero attached hydrogens (tertiary/aromatic N) is 2. The molecule has 1 heterocycles. The summed E-state index contributed by atoms with van der Waals surface area (Å²) in [6, 6.07) is 3.90. The fourth-order valence-corrected chi connectivity index (χ4v) is 2.78. The van der Waals surface area contributed by atoms with E-state index in [0.29, 0.717) is 24.0 Å². The van der Waals surface area contributed by atoms with E-state index in [2.05, 4.69) is 4.98 Å². The highest BCUT2D eigenvalue weighted by molar-refractivity contribution is 6.18. The maximum atomic E-state index is 12.5. The smallest absolute Gasteiger partial charge is 0.254 e. The second-order valence-electron chi connectivity index (χ2n) is 4.72. The van der Waals surface area contributed by atoms with E-state index in [9.17, 15) is 4.79 Å². The molecular formula is C14H19ClN2O. The number of hydrogen-bond acceptors (Lipinski definition) is 2. The van der Waals surface area contributed by atoms with Gasteiger partial charge in [-0.15, -0.1) is 11.6 Å². The van der Waals surface area contributed by atoms with Crippen LogP contribution in [0.4, 0.5) is 0 Å². The van der Waals surface area contributed by atoms with Crippen molar-refractivity contribution in [3.63, 3.8) is 0 Å². The van der Waals surface area contributed by atoms with Crippen molar-refractivity contribution in [1.82, 2.24) is 9.88 Å². The third-order valence-corrected chi connectivity index (χ3v) is 3.70. The van der Waals surface area contributed by atoms with Crippen molar-refractivity contribution in [2.45, 2.75) is 38.1 Å². The zero-order valence-corrected chi connectivity index (χ0v) is 11.3. The molecule has 0 bridgehead atoms. The van der Waals surface area contributed by atoms with Gasteiger partial charge >= 0.3 is 0 Å². The summed E-state index contributed by atoms with van der Waals surface area (Å²) in [4.78, 5) is 18.4. The van der Waals surface area contributed by atoms with E-state index >= 15 is 0 Å². The Bertz CT molecular complexity index is 377. The Hall–Kier alpha value is -1.09. The van der Waals surface area contributed by atoms with Gasteiger partial charge in [-0.3, -0.25) is 9.78 Å². The van der Waals surface area contributed by atoms with Crippen LogP contribution in [0.2, 0.25) is 0 Å². The molecule has 98 valence electrons. The molecule has 1 aromatic rings. The Labute approximate surface area is 113 Å². The summed E-state index contributed by atoms with van der Waals surface area (Å²) in [6.45, 7) is 0.632. The molecule has 1 aromatic heterocycles. The van der Waals surface area contributed by atoms with Crippen molar-refractivity contribution in [3.8, 4) is 0 Å². The Morgan fingerprint density at radius 3 is 2.56 bits per heavy atom. The SMILES string of the molecule is O=C(c1ccncc1)N(CCCl)C1CCCCC1. The Kier molecular flexibility index (Phi) is 5.00. The van der Waals surface area contributed by atoms with E-state index in [1.54, 1.807) is 24.5 Å². The number of rotatable bonds is 4. The third-order valence-electron chi connectivity index (χ3n) is 3.53. The predicted octanol–water partition coefficient (Wildman–Crippen LogP) is 3.10. The van der Waals surface area contributed by atoms with Crippen molar-refractivity contribution >= 4 is 17.5 Å². The summed E-state index contributed by atoms with van der Waals surface area (Å²) in [5.74, 6) is 0.581. The average molecular weight is 267 g/mol. The van der Waals surface area contributed by atoms with E-state index in [4.69, 9.17) is 11.6 Å². The lowest BCUT2D eigenvalue weighted by Crippen LogP contribution is -2.42. The molecule has 0 aromatic carbocycles. The highest BCUT2D eigenvalue weighted by Gasteiger charge is 2.25. The van der Waals surface area contributed by atoms with Gasteiger partial charge in [0.25, 0.3) is 5.91 Å². The molecule has 1 amide bonds. The first-order valence-electron chi connectivity index (χ1n) is 6.60. The molecule has 0 radical (unpaired) electrons. The molecule has 3 nitrogen and oxygen atoms in total. The van der Waals surface area contributed by atoms with Gasteiger partial charge in [-0.2, -0.15) is 0 Å². The molecule has 4 heteroatoms. The minimum Gasteiger partial charge on any atom is -0.334 e. The van der Waals surface area contributed by atoms with Crippen molar-refractivity contribution in [3.05, 3.63) is 30.1 Å². The van der Waals surface area contributed by atoms with E-state index in [1.165, 1.54) is 19.3 Å². The lowest BCUT2D eigenvalue weighted by molar-refractivity contribution is 0.0649. The monoisotopic (exact) mass is 266 g/mol. The van der Waals surface area contributed by atoms with Crippen LogP contribution in [-0.2, 0) is 0 Å². The van der Waals surface area contributed by atoms with Crippen LogP contribution in [0.3, 0.4) is 0 Å². The lowest BCUT2D eigenvalue weighted by Gasteiger charge is -2.34. The fourth-order valence-electron chi connectivity index (χ4n) is 2.59. The first kappa shape index (κ1) is 13.3. The van der Waals surface area contributed by atoms with Gasteiger partial charge < -0.3 is 4.90 Å². The molecule has 0 unspecified atom stereocenters. The van der Waals surface area contributed by atoms with E-state index in [-0.39, 0.29) is 5.91 Å². The summed E-state index contributed by atoms with van der Waals surface area (Å²) < 4.78 is 0. The maximum Gasteiger partial charge on any atom is 0.254 e. The topological polar surface area (TPSA) is 33.2 Å². The van der Waals surface area contributed by atoms with Gasteiger partial charge in [-0.25, -0.2) is 0 Å². The molecule has 0 N–H and O–H groups in total. The van der Waals surface area contributed by atoms with E-state index in [0.717, 1.165) is 12.8 Å². The van der Waals surface area contributed by atoms with Crippen LogP contribution in [0.25, 0.3) is 0 Å². The number of pyridine rings is 1. The molecule has 1 aliphatic rings. The van der Waals surface area contributed by atoms with Crippen molar-refractivity contribution in [2.24, 2.45) is 0 Å². The quantitative estimate of drug-likeness (QED) is 0.785. The third kappa shape index (κ3) is 3.22. The molecule has 2 rings (SSSR count). The van der Waals surface area contributed by atoms with Gasteiger partial charge in [0.05, 0.1) is 0 Å². The van der Waals surface area contributed by atoms with Crippen LogP contribution >= 0.6 is 11.6 Å². The molecule has 18 heavy (non-hydrogen) atoms. The van der Waals surface area contributed by atoms with Crippen molar-refractivity contribution in [1.29, 1.82) is 0 Å². The van der Waals surface area contributed by atoms with Crippen LogP contribution in [-0.4, -0.2) is 34.3 Å². The molecular weight excluding hydrogens is 248 g/mol. The number of carbonyl (C=O) groups is 1. The Morgan fingerprint density at radius 1 is 1.28 bits per heavy atom. The molecule has 0 aliphatic heterocycles. The van der Waals surface area contributed by atoms with Gasteiger partial charge in [-0.05, 0) is 25.0 Å². The standard InChI is InChI=1S/C14H19ClN2O/c15-8-11-17(13-4-2-1-3-5-13)14(18)12-6-9-16-10-7-12/h6-7,9-10,13H,1-5,8,11H2. The van der Waals surface area contributed by atoms with Gasteiger partial charge in [0.15, 0.2) is 0 Å². The second kappa shape index (κ2) is 6.74. The van der Waals surface area contributed by atoms with Crippen LogP contribution < -0.4 is 0 Å². The van der Waals surface area contributed by atoms with E-state index < -0.39 is 0 Å². The van der Waals surface area contributed by atoms with Gasteiger partial charge in [0, 0.05) is 36.4 Å². The molecule has 0 spiro atoms. The largest absolute Gasteiger partial charge is 0.334 e. The zero-order valence-electron chi connectivity index (χ0n) is 10.5. The lowest BCUT2D eigenvalue weighted by atomic mass is 9.94. The Balaban J connectivity index is 2.11. The minimum absolute atomic E-state index is 0.0879. The van der Waals surface area contributed by atoms with Gasteiger partial charge in [0.1, 0.15) is 0 Å². The maximum absolute atomic E-state index is 12.5. The van der Waals surface area contributed by atoms with Crippen LogP contribution in [0, 0.1) is 0 Å². The zero-order chi connectivity index (χ0) is 12.8. The van der Waals surface area contributed by atoms with Gasteiger partial charge in [0.2, 0.25) is 0 Å². The molecule has 1 aliphatic carbocycles. The number of halogens is 1. The van der Waals surface area contributed by atoms with Crippen LogP contribution in [0.1, 0.15) is 42.5 Å². The predicted molar refractivity (Wildman–Crippen MR) is 72.9 cm³/mol. The summed E-state index contributed by atoms with van der Waals surface area (Å²) >= 11 is 5.84. The summed E-state index contributed by atoms with van der Waals surface area (Å²) in [7, 11) is 0. The number of alkyl halides is 1. The van der Waals surface area contributed by atoms with Crippen molar-refractivity contribution < 1.29 is 4.79 Å². The minimum atomic E-state index is 0.0879. The number of hydrogen-bond donors (Lipinski definition) is 0. The summed E-state index contributed by atoms with van der Waals surface area (Å²) in [5, 5.41) is 0.